The van der Waals surface area contributed by atoms with Crippen molar-refractivity contribution in [2.75, 3.05) is 0 Å². The van der Waals surface area contributed by atoms with Gasteiger partial charge in [-0.2, -0.15) is 0 Å². The number of benzene rings is 1. The van der Waals surface area contributed by atoms with Crippen LogP contribution >= 0.6 is 11.8 Å². The maximum absolute atomic E-state index is 3.20. The summed E-state index contributed by atoms with van der Waals surface area (Å²) in [6.45, 7) is 0. The van der Waals surface area contributed by atoms with Crippen LogP contribution in [-0.4, -0.2) is 0 Å². The van der Waals surface area contributed by atoms with Gasteiger partial charge in [0.1, 0.15) is 0 Å². The van der Waals surface area contributed by atoms with Gasteiger partial charge in [-0.1, -0.05) is 6.07 Å². The summed E-state index contributed by atoms with van der Waals surface area (Å²) >= 11 is 1.61. The van der Waals surface area contributed by atoms with E-state index < -0.39 is 0 Å². The molecule has 11 heavy (non-hydrogen) atoms. The average Bonchev–Trinajstić information content (AvgIpc) is 2.58. The van der Waals surface area contributed by atoms with Crippen LogP contribution in [0, 0.1) is 5.41 Å². The third-order valence-electron chi connectivity index (χ3n) is 1.56. The molecule has 1 aromatic rings. The maximum atomic E-state index is 3.20. The minimum atomic E-state index is 1.19. The molecule has 0 saturated carbocycles. The normalized spacial score (nSPS) is 14.4. The lowest BCUT2D eigenvalue weighted by molar-refractivity contribution is 1.63. The number of hydrogen-bond acceptors (Lipinski definition) is 1. The highest BCUT2D eigenvalue weighted by atomic mass is 32.2. The summed E-state index contributed by atoms with van der Waals surface area (Å²) in [5.74, 6) is 0. The van der Waals surface area contributed by atoms with Crippen LogP contribution in [0.5, 0.6) is 0 Å². The summed E-state index contributed by atoms with van der Waals surface area (Å²) in [6, 6.07) is 10.3. The molecule has 1 aromatic carbocycles. The van der Waals surface area contributed by atoms with Crippen LogP contribution in [0.25, 0.3) is 5.57 Å². The minimum absolute atomic E-state index is 1.19. The lowest BCUT2D eigenvalue weighted by atomic mass is 10.1. The quantitative estimate of drug-likeness (QED) is 0.567. The number of rotatable bonds is 1. The standard InChI is InChI=1S/C10H7S/c1-2-4-9(5-3-1)10-6-7-11-8-10/h1-7H/q+1. The summed E-state index contributed by atoms with van der Waals surface area (Å²) in [7, 11) is 0. The average molecular weight is 159 g/mol. The van der Waals surface area contributed by atoms with E-state index in [0.29, 0.717) is 0 Å². The number of allylic oxidation sites excluding steroid dienone is 2. The fourth-order valence-electron chi connectivity index (χ4n) is 1.01. The molecule has 1 heterocycles. The molecule has 0 fully saturated rings. The molecule has 0 spiro atoms. The van der Waals surface area contributed by atoms with Crippen molar-refractivity contribution in [2.45, 2.75) is 0 Å². The first-order valence-electron chi connectivity index (χ1n) is 3.47. The molecule has 0 saturated heterocycles. The Hall–Kier alpha value is -1.04. The second-order valence-corrected chi connectivity index (χ2v) is 3.01. The van der Waals surface area contributed by atoms with E-state index in [2.05, 4.69) is 23.6 Å². The van der Waals surface area contributed by atoms with Gasteiger partial charge in [-0.3, -0.25) is 0 Å². The largest absolute Gasteiger partial charge is 0.204 e. The van der Waals surface area contributed by atoms with Gasteiger partial charge < -0.3 is 0 Å². The monoisotopic (exact) mass is 159 g/mol. The molecular weight excluding hydrogens is 152 g/mol. The lowest BCUT2D eigenvalue weighted by Gasteiger charge is -1.85. The topological polar surface area (TPSA) is 0 Å². The fraction of sp³-hybridized carbons (Fsp3) is 0. The van der Waals surface area contributed by atoms with Crippen molar-refractivity contribution in [3.05, 3.63) is 52.8 Å². The molecule has 0 nitrogen and oxygen atoms in total. The Morgan fingerprint density at radius 2 is 1.91 bits per heavy atom. The second-order valence-electron chi connectivity index (χ2n) is 2.30. The molecular formula is C10H7S+. The minimum Gasteiger partial charge on any atom is -0.0599 e. The van der Waals surface area contributed by atoms with Gasteiger partial charge in [-0.05, 0) is 12.1 Å². The Morgan fingerprint density at radius 3 is 2.55 bits per heavy atom. The van der Waals surface area contributed by atoms with Gasteiger partial charge in [0, 0.05) is 23.9 Å². The third-order valence-corrected chi connectivity index (χ3v) is 2.17. The van der Waals surface area contributed by atoms with Gasteiger partial charge in [-0.15, -0.1) is 0 Å². The Kier molecular flexibility index (Phi) is 1.76. The molecule has 2 rings (SSSR count). The van der Waals surface area contributed by atoms with Gasteiger partial charge >= 0.3 is 0 Å². The van der Waals surface area contributed by atoms with Crippen LogP contribution in [0.2, 0.25) is 0 Å². The van der Waals surface area contributed by atoms with Crippen LogP contribution < -0.4 is 0 Å². The van der Waals surface area contributed by atoms with Crippen molar-refractivity contribution in [3.8, 4) is 0 Å². The molecule has 0 radical (unpaired) electrons. The Morgan fingerprint density at radius 1 is 1.09 bits per heavy atom. The molecule has 1 aliphatic rings. The number of thioether (sulfide) groups is 1. The number of hydrogen-bond donors (Lipinski definition) is 0. The van der Waals surface area contributed by atoms with E-state index in [1.165, 1.54) is 11.1 Å². The summed E-state index contributed by atoms with van der Waals surface area (Å²) in [5.41, 5.74) is 2.43. The Labute approximate surface area is 70.6 Å². The van der Waals surface area contributed by atoms with Crippen molar-refractivity contribution >= 4 is 17.3 Å². The van der Waals surface area contributed by atoms with Crippen LogP contribution in [0.3, 0.4) is 0 Å². The molecule has 1 heteroatoms. The van der Waals surface area contributed by atoms with Gasteiger partial charge in [0.05, 0.1) is 22.5 Å². The second kappa shape index (κ2) is 2.91. The van der Waals surface area contributed by atoms with Crippen LogP contribution in [0.15, 0.2) is 41.8 Å². The zero-order chi connectivity index (χ0) is 7.52. The van der Waals surface area contributed by atoms with Crippen molar-refractivity contribution in [1.82, 2.24) is 0 Å². The van der Waals surface area contributed by atoms with E-state index >= 15 is 0 Å². The van der Waals surface area contributed by atoms with Gasteiger partial charge in [-0.25, -0.2) is 0 Å². The zero-order valence-corrected chi connectivity index (χ0v) is 6.77. The molecule has 0 bridgehead atoms. The molecule has 1 aliphatic heterocycles. The smallest absolute Gasteiger partial charge is 0.0599 e. The van der Waals surface area contributed by atoms with Crippen molar-refractivity contribution in [1.29, 1.82) is 0 Å². The molecule has 0 aliphatic carbocycles. The van der Waals surface area contributed by atoms with Crippen molar-refractivity contribution in [3.63, 3.8) is 0 Å². The first-order chi connectivity index (χ1) is 5.47. The SMILES string of the molecule is [C+]1=C(c2ccccc2)C=CS1. The van der Waals surface area contributed by atoms with Crippen molar-refractivity contribution in [2.24, 2.45) is 0 Å². The Bertz CT molecular complexity index is 296. The van der Waals surface area contributed by atoms with Crippen LogP contribution in [0.4, 0.5) is 0 Å². The molecule has 0 N–H and O–H groups in total. The highest BCUT2D eigenvalue weighted by Gasteiger charge is 2.12. The van der Waals surface area contributed by atoms with E-state index in [-0.39, 0.29) is 0 Å². The van der Waals surface area contributed by atoms with E-state index in [9.17, 15) is 0 Å². The lowest BCUT2D eigenvalue weighted by Crippen LogP contribution is -1.75. The molecule has 52 valence electrons. The summed E-state index contributed by atoms with van der Waals surface area (Å²) in [4.78, 5) is 0. The van der Waals surface area contributed by atoms with Crippen LogP contribution in [-0.2, 0) is 0 Å². The molecule has 0 unspecified atom stereocenters. The predicted octanol–water partition coefficient (Wildman–Crippen LogP) is 3.09. The van der Waals surface area contributed by atoms with E-state index in [1.807, 2.05) is 23.6 Å². The fourth-order valence-corrected chi connectivity index (χ4v) is 1.59. The first-order valence-corrected chi connectivity index (χ1v) is 4.35. The molecule has 0 aromatic heterocycles. The summed E-state index contributed by atoms with van der Waals surface area (Å²) in [6.07, 6.45) is 2.08. The summed E-state index contributed by atoms with van der Waals surface area (Å²) in [5, 5.41) is 5.24. The Balaban J connectivity index is 2.37. The van der Waals surface area contributed by atoms with E-state index in [1.54, 1.807) is 11.8 Å². The summed E-state index contributed by atoms with van der Waals surface area (Å²) < 4.78 is 0. The van der Waals surface area contributed by atoms with Gasteiger partial charge in [0.2, 0.25) is 5.57 Å². The maximum Gasteiger partial charge on any atom is 0.204 e. The zero-order valence-electron chi connectivity index (χ0n) is 5.95. The predicted molar refractivity (Wildman–Crippen MR) is 49.8 cm³/mol. The van der Waals surface area contributed by atoms with Crippen molar-refractivity contribution < 1.29 is 0 Å². The highest BCUT2D eigenvalue weighted by molar-refractivity contribution is 8.04. The highest BCUT2D eigenvalue weighted by Crippen LogP contribution is 2.25. The van der Waals surface area contributed by atoms with Crippen LogP contribution in [0.1, 0.15) is 5.56 Å². The van der Waals surface area contributed by atoms with E-state index in [0.717, 1.165) is 0 Å². The molecule has 0 amide bonds. The van der Waals surface area contributed by atoms with Gasteiger partial charge in [0.25, 0.3) is 0 Å². The third kappa shape index (κ3) is 1.35. The van der Waals surface area contributed by atoms with E-state index in [4.69, 9.17) is 0 Å². The first kappa shape index (κ1) is 6.66. The molecule has 0 atom stereocenters. The van der Waals surface area contributed by atoms with Gasteiger partial charge in [0.15, 0.2) is 0 Å².